The maximum Gasteiger partial charge on any atom is 0.407 e. The molecule has 2 rings (SSSR count). The Kier molecular flexibility index (Phi) is 6.73. The maximum atomic E-state index is 12.1. The van der Waals surface area contributed by atoms with Crippen molar-refractivity contribution in [1.29, 1.82) is 0 Å². The second-order valence-electron chi connectivity index (χ2n) is 6.66. The van der Waals surface area contributed by atoms with Crippen LogP contribution in [0.1, 0.15) is 26.3 Å². The fourth-order valence-electron chi connectivity index (χ4n) is 2.24. The van der Waals surface area contributed by atoms with Crippen molar-refractivity contribution in [3.8, 4) is 0 Å². The standard InChI is InChI=1S/C20H25NO2S/c1-20(2,3)23-19(22)21-17(14-16-10-6-4-7-11-16)15-24-18-12-8-5-9-13-18/h4-13,17H,14-15H2,1-3H3,(H,21,22). The van der Waals surface area contributed by atoms with E-state index in [0.29, 0.717) is 0 Å². The summed E-state index contributed by atoms with van der Waals surface area (Å²) in [6.45, 7) is 5.62. The second kappa shape index (κ2) is 8.78. The Hall–Kier alpha value is -1.94. The van der Waals surface area contributed by atoms with Gasteiger partial charge in [0.25, 0.3) is 0 Å². The lowest BCUT2D eigenvalue weighted by Crippen LogP contribution is -2.41. The Morgan fingerprint density at radius 1 is 1.04 bits per heavy atom. The minimum absolute atomic E-state index is 0.00690. The molecule has 2 aromatic carbocycles. The Bertz CT molecular complexity index is 623. The smallest absolute Gasteiger partial charge is 0.407 e. The van der Waals surface area contributed by atoms with Crippen LogP contribution in [0.5, 0.6) is 0 Å². The predicted octanol–water partition coefficient (Wildman–Crippen LogP) is 4.91. The van der Waals surface area contributed by atoms with Gasteiger partial charge in [-0.3, -0.25) is 0 Å². The highest BCUT2D eigenvalue weighted by atomic mass is 32.2. The lowest BCUT2D eigenvalue weighted by Gasteiger charge is -2.23. The van der Waals surface area contributed by atoms with Gasteiger partial charge >= 0.3 is 6.09 Å². The average Bonchev–Trinajstić information content (AvgIpc) is 2.53. The minimum Gasteiger partial charge on any atom is -0.444 e. The monoisotopic (exact) mass is 343 g/mol. The Balaban J connectivity index is 1.99. The number of carbonyl (C=O) groups is 1. The Labute approximate surface area is 148 Å². The fraction of sp³-hybridized carbons (Fsp3) is 0.350. The molecule has 0 aromatic heterocycles. The molecule has 1 atom stereocenters. The second-order valence-corrected chi connectivity index (χ2v) is 7.75. The number of ether oxygens (including phenoxy) is 1. The molecule has 1 unspecified atom stereocenters. The summed E-state index contributed by atoms with van der Waals surface area (Å²) < 4.78 is 5.40. The number of amides is 1. The van der Waals surface area contributed by atoms with Crippen molar-refractivity contribution in [3.63, 3.8) is 0 Å². The van der Waals surface area contributed by atoms with Gasteiger partial charge < -0.3 is 10.1 Å². The van der Waals surface area contributed by atoms with E-state index < -0.39 is 5.60 Å². The number of nitrogens with one attached hydrogen (secondary N) is 1. The maximum absolute atomic E-state index is 12.1. The van der Waals surface area contributed by atoms with Gasteiger partial charge in [-0.2, -0.15) is 0 Å². The van der Waals surface area contributed by atoms with Crippen molar-refractivity contribution in [2.75, 3.05) is 5.75 Å². The first-order valence-electron chi connectivity index (χ1n) is 8.14. The number of hydrogen-bond donors (Lipinski definition) is 1. The first-order valence-corrected chi connectivity index (χ1v) is 9.12. The van der Waals surface area contributed by atoms with E-state index in [1.807, 2.05) is 57.2 Å². The van der Waals surface area contributed by atoms with Gasteiger partial charge in [0.2, 0.25) is 0 Å². The molecule has 0 fully saturated rings. The predicted molar refractivity (Wildman–Crippen MR) is 100 cm³/mol. The lowest BCUT2D eigenvalue weighted by molar-refractivity contribution is 0.0509. The average molecular weight is 343 g/mol. The van der Waals surface area contributed by atoms with E-state index in [4.69, 9.17) is 4.74 Å². The highest BCUT2D eigenvalue weighted by Gasteiger charge is 2.20. The molecule has 0 saturated heterocycles. The summed E-state index contributed by atoms with van der Waals surface area (Å²) in [6.07, 6.45) is 0.414. The summed E-state index contributed by atoms with van der Waals surface area (Å²) in [5.74, 6) is 0.790. The first-order chi connectivity index (χ1) is 11.4. The molecular weight excluding hydrogens is 318 g/mol. The largest absolute Gasteiger partial charge is 0.444 e. The van der Waals surface area contributed by atoms with Gasteiger partial charge in [0.05, 0.1) is 0 Å². The number of rotatable bonds is 6. The van der Waals surface area contributed by atoms with Crippen LogP contribution >= 0.6 is 11.8 Å². The van der Waals surface area contributed by atoms with Gasteiger partial charge in [0, 0.05) is 16.7 Å². The van der Waals surface area contributed by atoms with Crippen LogP contribution in [0, 0.1) is 0 Å². The third kappa shape index (κ3) is 7.09. The summed E-state index contributed by atoms with van der Waals surface area (Å²) >= 11 is 1.74. The van der Waals surface area contributed by atoms with Crippen molar-refractivity contribution in [1.82, 2.24) is 5.32 Å². The third-order valence-corrected chi connectivity index (χ3v) is 4.41. The van der Waals surface area contributed by atoms with E-state index >= 15 is 0 Å². The highest BCUT2D eigenvalue weighted by Crippen LogP contribution is 2.19. The summed E-state index contributed by atoms with van der Waals surface area (Å²) in [5, 5.41) is 3.01. The van der Waals surface area contributed by atoms with Crippen LogP contribution in [-0.2, 0) is 11.2 Å². The van der Waals surface area contributed by atoms with Crippen molar-refractivity contribution in [2.45, 2.75) is 43.7 Å². The van der Waals surface area contributed by atoms with Gasteiger partial charge in [-0.25, -0.2) is 4.79 Å². The van der Waals surface area contributed by atoms with Crippen LogP contribution in [-0.4, -0.2) is 23.5 Å². The molecule has 0 heterocycles. The van der Waals surface area contributed by atoms with Crippen LogP contribution < -0.4 is 5.32 Å². The minimum atomic E-state index is -0.492. The van der Waals surface area contributed by atoms with Crippen molar-refractivity contribution < 1.29 is 9.53 Å². The van der Waals surface area contributed by atoms with E-state index in [1.165, 1.54) is 10.5 Å². The fourth-order valence-corrected chi connectivity index (χ4v) is 3.18. The van der Waals surface area contributed by atoms with Crippen LogP contribution in [0.4, 0.5) is 4.79 Å². The number of benzene rings is 2. The van der Waals surface area contributed by atoms with Crippen LogP contribution in [0.3, 0.4) is 0 Å². The molecule has 0 spiro atoms. The van der Waals surface area contributed by atoms with E-state index in [2.05, 4.69) is 29.6 Å². The zero-order valence-corrected chi connectivity index (χ0v) is 15.3. The third-order valence-electron chi connectivity index (χ3n) is 3.24. The van der Waals surface area contributed by atoms with Gasteiger partial charge in [-0.15, -0.1) is 11.8 Å². The summed E-state index contributed by atoms with van der Waals surface area (Å²) in [4.78, 5) is 13.3. The molecule has 3 nitrogen and oxygen atoms in total. The van der Waals surface area contributed by atoms with Gasteiger partial charge in [0.1, 0.15) is 5.60 Å². The van der Waals surface area contributed by atoms with Crippen molar-refractivity contribution in [2.24, 2.45) is 0 Å². The van der Waals surface area contributed by atoms with Gasteiger partial charge in [-0.1, -0.05) is 48.5 Å². The SMILES string of the molecule is CC(C)(C)OC(=O)NC(CSc1ccccc1)Cc1ccccc1. The molecule has 0 bridgehead atoms. The molecule has 24 heavy (non-hydrogen) atoms. The van der Waals surface area contributed by atoms with E-state index in [9.17, 15) is 4.79 Å². The van der Waals surface area contributed by atoms with E-state index in [1.54, 1.807) is 11.8 Å². The molecule has 0 radical (unpaired) electrons. The first kappa shape index (κ1) is 18.4. The number of hydrogen-bond acceptors (Lipinski definition) is 3. The molecule has 0 aliphatic heterocycles. The molecule has 2 aromatic rings. The lowest BCUT2D eigenvalue weighted by atomic mass is 10.1. The van der Waals surface area contributed by atoms with Gasteiger partial charge in [0.15, 0.2) is 0 Å². The Morgan fingerprint density at radius 2 is 1.62 bits per heavy atom. The zero-order chi connectivity index (χ0) is 17.4. The van der Waals surface area contributed by atoms with Gasteiger partial charge in [-0.05, 0) is 44.9 Å². The summed E-state index contributed by atoms with van der Waals surface area (Å²) in [5.41, 5.74) is 0.709. The quantitative estimate of drug-likeness (QED) is 0.757. The van der Waals surface area contributed by atoms with Crippen molar-refractivity contribution >= 4 is 17.9 Å². The van der Waals surface area contributed by atoms with Crippen LogP contribution in [0.15, 0.2) is 65.6 Å². The summed E-state index contributed by atoms with van der Waals surface area (Å²) in [6, 6.07) is 20.4. The molecule has 1 amide bonds. The number of carbonyl (C=O) groups excluding carboxylic acids is 1. The molecule has 0 aliphatic carbocycles. The van der Waals surface area contributed by atoms with Crippen LogP contribution in [0.2, 0.25) is 0 Å². The molecule has 128 valence electrons. The molecule has 4 heteroatoms. The number of alkyl carbamates (subject to hydrolysis) is 1. The van der Waals surface area contributed by atoms with Crippen molar-refractivity contribution in [3.05, 3.63) is 66.2 Å². The highest BCUT2D eigenvalue weighted by molar-refractivity contribution is 7.99. The van der Waals surface area contributed by atoms with Crippen LogP contribution in [0.25, 0.3) is 0 Å². The summed E-state index contributed by atoms with van der Waals surface area (Å²) in [7, 11) is 0. The molecule has 1 N–H and O–H groups in total. The Morgan fingerprint density at radius 3 is 2.21 bits per heavy atom. The van der Waals surface area contributed by atoms with E-state index in [-0.39, 0.29) is 12.1 Å². The topological polar surface area (TPSA) is 38.3 Å². The van der Waals surface area contributed by atoms with E-state index in [0.717, 1.165) is 12.2 Å². The molecule has 0 saturated carbocycles. The normalized spacial score (nSPS) is 12.5. The number of thioether (sulfide) groups is 1. The molecule has 0 aliphatic rings. The zero-order valence-electron chi connectivity index (χ0n) is 14.5. The molecular formula is C20H25NO2S.